The average molecular weight is 236 g/mol. The molecule has 0 aliphatic rings. The summed E-state index contributed by atoms with van der Waals surface area (Å²) in [7, 11) is 2.01. The summed E-state index contributed by atoms with van der Waals surface area (Å²) in [5.41, 5.74) is 6.85. The number of hydrogen-bond donors (Lipinski definition) is 1. The Hall–Kier alpha value is -1.20. The summed E-state index contributed by atoms with van der Waals surface area (Å²) in [6, 6.07) is 0. The molecule has 5 heteroatoms. The first-order valence-electron chi connectivity index (χ1n) is 5.27. The van der Waals surface area contributed by atoms with Gasteiger partial charge in [-0.25, -0.2) is 9.97 Å². The maximum atomic E-state index is 5.57. The first-order valence-corrected chi connectivity index (χ1v) is 6.08. The van der Waals surface area contributed by atoms with E-state index in [4.69, 9.17) is 5.73 Å². The molecule has 0 atom stereocenters. The van der Waals surface area contributed by atoms with Gasteiger partial charge >= 0.3 is 0 Å². The van der Waals surface area contributed by atoms with Gasteiger partial charge in [-0.1, -0.05) is 0 Å². The first kappa shape index (κ1) is 11.3. The number of aromatic nitrogens is 2. The van der Waals surface area contributed by atoms with Crippen LogP contribution in [0.5, 0.6) is 0 Å². The Labute approximate surface area is 99.1 Å². The molecule has 0 saturated carbocycles. The van der Waals surface area contributed by atoms with Gasteiger partial charge in [0.05, 0.1) is 5.39 Å². The summed E-state index contributed by atoms with van der Waals surface area (Å²) >= 11 is 1.72. The predicted octanol–water partition coefficient (Wildman–Crippen LogP) is 1.70. The van der Waals surface area contributed by atoms with Gasteiger partial charge in [-0.15, -0.1) is 11.3 Å². The van der Waals surface area contributed by atoms with Gasteiger partial charge in [0.15, 0.2) is 0 Å². The van der Waals surface area contributed by atoms with Crippen LogP contribution < -0.4 is 10.6 Å². The summed E-state index contributed by atoms with van der Waals surface area (Å²) < 4.78 is 0. The molecule has 0 aliphatic heterocycles. The van der Waals surface area contributed by atoms with Crippen LogP contribution in [0.2, 0.25) is 0 Å². The zero-order valence-electron chi connectivity index (χ0n) is 9.82. The van der Waals surface area contributed by atoms with Gasteiger partial charge in [0.25, 0.3) is 0 Å². The topological polar surface area (TPSA) is 55.0 Å². The van der Waals surface area contributed by atoms with Crippen LogP contribution in [-0.2, 0) is 0 Å². The molecule has 0 amide bonds. The average Bonchev–Trinajstić information content (AvgIpc) is 2.55. The summed E-state index contributed by atoms with van der Waals surface area (Å²) in [4.78, 5) is 13.1. The second kappa shape index (κ2) is 4.35. The van der Waals surface area contributed by atoms with Crippen LogP contribution in [0.25, 0.3) is 10.2 Å². The van der Waals surface area contributed by atoms with Gasteiger partial charge in [-0.3, -0.25) is 0 Å². The predicted molar refractivity (Wildman–Crippen MR) is 69.2 cm³/mol. The van der Waals surface area contributed by atoms with E-state index in [9.17, 15) is 0 Å². The van der Waals surface area contributed by atoms with Crippen molar-refractivity contribution >= 4 is 27.4 Å². The summed E-state index contributed by atoms with van der Waals surface area (Å²) in [5.74, 6) is 0.984. The number of hydrogen-bond acceptors (Lipinski definition) is 5. The number of fused-ring (bicyclic) bond motifs is 1. The maximum Gasteiger partial charge on any atom is 0.140 e. The Morgan fingerprint density at radius 1 is 1.38 bits per heavy atom. The second-order valence-corrected chi connectivity index (χ2v) is 5.07. The van der Waals surface area contributed by atoms with Crippen LogP contribution in [0.1, 0.15) is 10.4 Å². The molecule has 0 fully saturated rings. The van der Waals surface area contributed by atoms with Crippen molar-refractivity contribution in [2.75, 3.05) is 25.0 Å². The van der Waals surface area contributed by atoms with Crippen LogP contribution >= 0.6 is 11.3 Å². The van der Waals surface area contributed by atoms with E-state index in [1.165, 1.54) is 15.8 Å². The van der Waals surface area contributed by atoms with Crippen molar-refractivity contribution in [3.63, 3.8) is 0 Å². The molecule has 86 valence electrons. The SMILES string of the molecule is Cc1sc2ncnc(N(C)CCN)c2c1C. The third kappa shape index (κ3) is 1.76. The monoisotopic (exact) mass is 236 g/mol. The van der Waals surface area contributed by atoms with Gasteiger partial charge in [-0.2, -0.15) is 0 Å². The lowest BCUT2D eigenvalue weighted by atomic mass is 10.2. The van der Waals surface area contributed by atoms with Crippen LogP contribution in [0.3, 0.4) is 0 Å². The molecule has 16 heavy (non-hydrogen) atoms. The Balaban J connectivity index is 2.60. The molecular weight excluding hydrogens is 220 g/mol. The molecule has 0 saturated heterocycles. The van der Waals surface area contributed by atoms with Crippen molar-refractivity contribution in [3.05, 3.63) is 16.8 Å². The molecular formula is C11H16N4S. The van der Waals surface area contributed by atoms with Crippen molar-refractivity contribution < 1.29 is 0 Å². The Bertz CT molecular complexity index is 506. The van der Waals surface area contributed by atoms with Crippen LogP contribution in [0.15, 0.2) is 6.33 Å². The Morgan fingerprint density at radius 3 is 2.81 bits per heavy atom. The molecule has 0 aromatic carbocycles. The number of nitrogens with two attached hydrogens (primary N) is 1. The summed E-state index contributed by atoms with van der Waals surface area (Å²) in [6.07, 6.45) is 1.63. The third-order valence-corrected chi connectivity index (χ3v) is 3.89. The number of likely N-dealkylation sites (N-methyl/N-ethyl adjacent to an activating group) is 1. The van der Waals surface area contributed by atoms with Crippen LogP contribution in [0, 0.1) is 13.8 Å². The lowest BCUT2D eigenvalue weighted by molar-refractivity contribution is 0.870. The fraction of sp³-hybridized carbons (Fsp3) is 0.455. The summed E-state index contributed by atoms with van der Waals surface area (Å²) in [5, 5.41) is 1.17. The minimum absolute atomic E-state index is 0.629. The zero-order valence-corrected chi connectivity index (χ0v) is 10.6. The molecule has 4 nitrogen and oxygen atoms in total. The van der Waals surface area contributed by atoms with Gasteiger partial charge in [0, 0.05) is 25.0 Å². The van der Waals surface area contributed by atoms with Gasteiger partial charge in [0.1, 0.15) is 17.0 Å². The molecule has 0 bridgehead atoms. The second-order valence-electron chi connectivity index (χ2n) is 3.87. The first-order chi connectivity index (χ1) is 7.65. The van der Waals surface area contributed by atoms with E-state index in [1.54, 1.807) is 17.7 Å². The highest BCUT2D eigenvalue weighted by Crippen LogP contribution is 2.33. The molecule has 0 unspecified atom stereocenters. The maximum absolute atomic E-state index is 5.57. The number of anilines is 1. The van der Waals surface area contributed by atoms with E-state index >= 15 is 0 Å². The minimum Gasteiger partial charge on any atom is -0.358 e. The Kier molecular flexibility index (Phi) is 3.07. The smallest absolute Gasteiger partial charge is 0.140 e. The molecule has 0 spiro atoms. The normalized spacial score (nSPS) is 11.0. The number of thiophene rings is 1. The standard InChI is InChI=1S/C11H16N4S/c1-7-8(2)16-11-9(7)10(13-6-14-11)15(3)5-4-12/h6H,4-5,12H2,1-3H3. The van der Waals surface area contributed by atoms with E-state index < -0.39 is 0 Å². The zero-order chi connectivity index (χ0) is 11.7. The highest BCUT2D eigenvalue weighted by molar-refractivity contribution is 7.18. The van der Waals surface area contributed by atoms with E-state index in [2.05, 4.69) is 28.7 Å². The molecule has 2 rings (SSSR count). The van der Waals surface area contributed by atoms with E-state index in [1.807, 2.05) is 7.05 Å². The molecule has 2 aromatic rings. The van der Waals surface area contributed by atoms with Crippen molar-refractivity contribution in [1.82, 2.24) is 9.97 Å². The molecule has 2 N–H and O–H groups in total. The highest BCUT2D eigenvalue weighted by Gasteiger charge is 2.14. The minimum atomic E-state index is 0.629. The molecule has 2 heterocycles. The van der Waals surface area contributed by atoms with Crippen molar-refractivity contribution in [3.8, 4) is 0 Å². The van der Waals surface area contributed by atoms with Gasteiger partial charge in [0.2, 0.25) is 0 Å². The fourth-order valence-electron chi connectivity index (χ4n) is 1.75. The van der Waals surface area contributed by atoms with Crippen LogP contribution in [0.4, 0.5) is 5.82 Å². The summed E-state index contributed by atoms with van der Waals surface area (Å²) in [6.45, 7) is 5.68. The van der Waals surface area contributed by atoms with E-state index in [0.29, 0.717) is 6.54 Å². The van der Waals surface area contributed by atoms with Crippen molar-refractivity contribution in [2.45, 2.75) is 13.8 Å². The molecule has 0 radical (unpaired) electrons. The Morgan fingerprint density at radius 2 is 2.12 bits per heavy atom. The number of rotatable bonds is 3. The molecule has 0 aliphatic carbocycles. The lowest BCUT2D eigenvalue weighted by Gasteiger charge is -2.17. The highest BCUT2D eigenvalue weighted by atomic mass is 32.1. The van der Waals surface area contributed by atoms with Crippen LogP contribution in [-0.4, -0.2) is 30.1 Å². The quantitative estimate of drug-likeness (QED) is 0.881. The molecule has 2 aromatic heterocycles. The van der Waals surface area contributed by atoms with E-state index in [-0.39, 0.29) is 0 Å². The van der Waals surface area contributed by atoms with Crippen molar-refractivity contribution in [1.29, 1.82) is 0 Å². The van der Waals surface area contributed by atoms with Gasteiger partial charge in [-0.05, 0) is 19.4 Å². The van der Waals surface area contributed by atoms with E-state index in [0.717, 1.165) is 17.2 Å². The number of aryl methyl sites for hydroxylation is 2. The number of nitrogens with zero attached hydrogens (tertiary/aromatic N) is 3. The fourth-order valence-corrected chi connectivity index (χ4v) is 2.74. The lowest BCUT2D eigenvalue weighted by Crippen LogP contribution is -2.26. The largest absolute Gasteiger partial charge is 0.358 e. The third-order valence-electron chi connectivity index (χ3n) is 2.77. The van der Waals surface area contributed by atoms with Crippen molar-refractivity contribution in [2.24, 2.45) is 5.73 Å². The van der Waals surface area contributed by atoms with Gasteiger partial charge < -0.3 is 10.6 Å².